The van der Waals surface area contributed by atoms with Crippen LogP contribution in [0.4, 0.5) is 4.79 Å². The number of hydrogen-bond acceptors (Lipinski definition) is 5. The summed E-state index contributed by atoms with van der Waals surface area (Å²) in [7, 11) is 0. The first-order chi connectivity index (χ1) is 13.6. The van der Waals surface area contributed by atoms with E-state index in [0.717, 1.165) is 16.5 Å². The molecule has 1 fully saturated rings. The van der Waals surface area contributed by atoms with Gasteiger partial charge >= 0.3 is 12.1 Å². The van der Waals surface area contributed by atoms with Crippen molar-refractivity contribution in [1.29, 1.82) is 0 Å². The number of nitrogens with one attached hydrogen (secondary N) is 2. The summed E-state index contributed by atoms with van der Waals surface area (Å²) in [5, 5.41) is 3.82. The molecule has 0 aliphatic carbocycles. The lowest BCUT2D eigenvalue weighted by Gasteiger charge is -2.31. The number of carbonyl (C=O) groups excluding carboxylic acids is 3. The first-order valence-electron chi connectivity index (χ1n) is 9.48. The van der Waals surface area contributed by atoms with E-state index in [1.807, 2.05) is 24.3 Å². The van der Waals surface area contributed by atoms with E-state index < -0.39 is 5.97 Å². The van der Waals surface area contributed by atoms with E-state index >= 15 is 0 Å². The maximum Gasteiger partial charge on any atom is 0.409 e. The van der Waals surface area contributed by atoms with Gasteiger partial charge in [0.2, 0.25) is 0 Å². The molecule has 2 amide bonds. The van der Waals surface area contributed by atoms with Crippen LogP contribution in [-0.2, 0) is 25.5 Å². The van der Waals surface area contributed by atoms with Gasteiger partial charge in [0.1, 0.15) is 0 Å². The quantitative estimate of drug-likeness (QED) is 0.739. The van der Waals surface area contributed by atoms with Gasteiger partial charge < -0.3 is 24.7 Å². The molecule has 0 saturated carbocycles. The van der Waals surface area contributed by atoms with Crippen molar-refractivity contribution in [2.45, 2.75) is 32.2 Å². The molecule has 2 N–H and O–H groups in total. The van der Waals surface area contributed by atoms with Crippen molar-refractivity contribution in [3.05, 3.63) is 36.0 Å². The second-order valence-electron chi connectivity index (χ2n) is 6.72. The van der Waals surface area contributed by atoms with Crippen molar-refractivity contribution < 1.29 is 23.9 Å². The maximum absolute atomic E-state index is 12.1. The normalized spacial score (nSPS) is 14.7. The lowest BCUT2D eigenvalue weighted by atomic mass is 10.1. The standard InChI is InChI=1S/C20H25N3O5/c1-2-27-20(26)23-9-7-15(8-10-23)22-18(24)13-28-19(25)11-14-12-21-17-6-4-3-5-16(14)17/h3-6,12,15,21H,2,7-11,13H2,1H3,(H,22,24). The van der Waals surface area contributed by atoms with Crippen LogP contribution in [0.5, 0.6) is 0 Å². The minimum atomic E-state index is -0.447. The van der Waals surface area contributed by atoms with Gasteiger partial charge in [0.15, 0.2) is 6.61 Å². The van der Waals surface area contributed by atoms with Crippen LogP contribution in [0.1, 0.15) is 25.3 Å². The molecule has 2 aromatic rings. The smallest absolute Gasteiger partial charge is 0.409 e. The summed E-state index contributed by atoms with van der Waals surface area (Å²) in [4.78, 5) is 40.5. The molecular formula is C20H25N3O5. The highest BCUT2D eigenvalue weighted by Crippen LogP contribution is 2.18. The first kappa shape index (κ1) is 19.7. The van der Waals surface area contributed by atoms with Crippen LogP contribution in [0.3, 0.4) is 0 Å². The Morgan fingerprint density at radius 2 is 1.93 bits per heavy atom. The van der Waals surface area contributed by atoms with Crippen LogP contribution in [0.25, 0.3) is 10.9 Å². The van der Waals surface area contributed by atoms with E-state index in [1.165, 1.54) is 0 Å². The molecule has 0 atom stereocenters. The van der Waals surface area contributed by atoms with Gasteiger partial charge in [-0.15, -0.1) is 0 Å². The molecule has 0 unspecified atom stereocenters. The highest BCUT2D eigenvalue weighted by atomic mass is 16.6. The Bertz CT molecular complexity index is 839. The molecule has 0 bridgehead atoms. The van der Waals surface area contributed by atoms with Crippen LogP contribution in [0.15, 0.2) is 30.5 Å². The minimum absolute atomic E-state index is 0.0366. The van der Waals surface area contributed by atoms with Gasteiger partial charge in [0, 0.05) is 36.2 Å². The molecule has 0 radical (unpaired) electrons. The van der Waals surface area contributed by atoms with E-state index in [0.29, 0.717) is 32.5 Å². The predicted octanol–water partition coefficient (Wildman–Crippen LogP) is 1.99. The van der Waals surface area contributed by atoms with Crippen LogP contribution < -0.4 is 5.32 Å². The Kier molecular flexibility index (Phi) is 6.52. The molecule has 0 spiro atoms. The van der Waals surface area contributed by atoms with Crippen molar-refractivity contribution in [1.82, 2.24) is 15.2 Å². The third-order valence-electron chi connectivity index (χ3n) is 4.76. The van der Waals surface area contributed by atoms with Crippen LogP contribution >= 0.6 is 0 Å². The molecule has 1 aromatic carbocycles. The lowest BCUT2D eigenvalue weighted by molar-refractivity contribution is -0.148. The third kappa shape index (κ3) is 5.03. The summed E-state index contributed by atoms with van der Waals surface area (Å²) < 4.78 is 10.1. The average molecular weight is 387 g/mol. The number of esters is 1. The number of H-pyrrole nitrogens is 1. The molecule has 3 rings (SSSR count). The van der Waals surface area contributed by atoms with Crippen molar-refractivity contribution in [3.8, 4) is 0 Å². The number of nitrogens with zero attached hydrogens (tertiary/aromatic N) is 1. The molecule has 1 aliphatic rings. The molecule has 150 valence electrons. The zero-order valence-corrected chi connectivity index (χ0v) is 15.9. The number of ether oxygens (including phenoxy) is 2. The lowest BCUT2D eigenvalue weighted by Crippen LogP contribution is -2.47. The number of aromatic amines is 1. The van der Waals surface area contributed by atoms with E-state index in [1.54, 1.807) is 18.0 Å². The van der Waals surface area contributed by atoms with Crippen molar-refractivity contribution >= 4 is 28.9 Å². The largest absolute Gasteiger partial charge is 0.455 e. The number of rotatable bonds is 6. The molecular weight excluding hydrogens is 362 g/mol. The minimum Gasteiger partial charge on any atom is -0.455 e. The van der Waals surface area contributed by atoms with Crippen LogP contribution in [0, 0.1) is 0 Å². The van der Waals surface area contributed by atoms with Gasteiger partial charge in [-0.25, -0.2) is 4.79 Å². The number of carbonyl (C=O) groups is 3. The molecule has 8 heteroatoms. The Morgan fingerprint density at radius 1 is 1.18 bits per heavy atom. The van der Waals surface area contributed by atoms with E-state index in [9.17, 15) is 14.4 Å². The third-order valence-corrected chi connectivity index (χ3v) is 4.76. The molecule has 1 aliphatic heterocycles. The molecule has 1 aromatic heterocycles. The summed E-state index contributed by atoms with van der Waals surface area (Å²) in [6.07, 6.45) is 2.86. The summed E-state index contributed by atoms with van der Waals surface area (Å²) in [5.41, 5.74) is 1.80. The molecule has 1 saturated heterocycles. The molecule has 2 heterocycles. The Morgan fingerprint density at radius 3 is 2.68 bits per heavy atom. The van der Waals surface area contributed by atoms with Gasteiger partial charge in [-0.2, -0.15) is 0 Å². The number of benzene rings is 1. The zero-order chi connectivity index (χ0) is 19.9. The topological polar surface area (TPSA) is 101 Å². The maximum atomic E-state index is 12.1. The van der Waals surface area contributed by atoms with Crippen LogP contribution in [-0.4, -0.2) is 60.2 Å². The summed E-state index contributed by atoms with van der Waals surface area (Å²) in [6.45, 7) is 2.87. The highest BCUT2D eigenvalue weighted by molar-refractivity contribution is 5.88. The number of para-hydroxylation sites is 1. The van der Waals surface area contributed by atoms with Crippen LogP contribution in [0.2, 0.25) is 0 Å². The second kappa shape index (κ2) is 9.25. The van der Waals surface area contributed by atoms with Gasteiger partial charge in [-0.1, -0.05) is 18.2 Å². The van der Waals surface area contributed by atoms with E-state index in [-0.39, 0.29) is 31.1 Å². The van der Waals surface area contributed by atoms with Gasteiger partial charge in [0.05, 0.1) is 13.0 Å². The van der Waals surface area contributed by atoms with Gasteiger partial charge in [-0.3, -0.25) is 9.59 Å². The van der Waals surface area contributed by atoms with E-state index in [4.69, 9.17) is 9.47 Å². The van der Waals surface area contributed by atoms with Crippen molar-refractivity contribution in [2.75, 3.05) is 26.3 Å². The number of hydrogen-bond donors (Lipinski definition) is 2. The Labute approximate surface area is 163 Å². The summed E-state index contributed by atoms with van der Waals surface area (Å²) in [5.74, 6) is -0.779. The average Bonchev–Trinajstić information content (AvgIpc) is 3.10. The predicted molar refractivity (Wildman–Crippen MR) is 103 cm³/mol. The summed E-state index contributed by atoms with van der Waals surface area (Å²) >= 11 is 0. The fourth-order valence-corrected chi connectivity index (χ4v) is 3.32. The molecule has 8 nitrogen and oxygen atoms in total. The van der Waals surface area contributed by atoms with Gasteiger partial charge in [0.25, 0.3) is 5.91 Å². The number of amides is 2. The number of fused-ring (bicyclic) bond motifs is 1. The number of piperidine rings is 1. The zero-order valence-electron chi connectivity index (χ0n) is 15.9. The Balaban J connectivity index is 1.39. The fourth-order valence-electron chi connectivity index (χ4n) is 3.32. The highest BCUT2D eigenvalue weighted by Gasteiger charge is 2.24. The summed E-state index contributed by atoms with van der Waals surface area (Å²) in [6, 6.07) is 7.66. The fraction of sp³-hybridized carbons (Fsp3) is 0.450. The molecule has 28 heavy (non-hydrogen) atoms. The van der Waals surface area contributed by atoms with Crippen molar-refractivity contribution in [2.24, 2.45) is 0 Å². The first-order valence-corrected chi connectivity index (χ1v) is 9.48. The van der Waals surface area contributed by atoms with Crippen molar-refractivity contribution in [3.63, 3.8) is 0 Å². The van der Waals surface area contributed by atoms with E-state index in [2.05, 4.69) is 10.3 Å². The number of aromatic nitrogens is 1. The number of likely N-dealkylation sites (tertiary alicyclic amines) is 1. The van der Waals surface area contributed by atoms with Gasteiger partial charge in [-0.05, 0) is 31.4 Å². The SMILES string of the molecule is CCOC(=O)N1CCC(NC(=O)COC(=O)Cc2c[nH]c3ccccc23)CC1. The monoisotopic (exact) mass is 387 g/mol. The Hall–Kier alpha value is -3.03. The second-order valence-corrected chi connectivity index (χ2v) is 6.72.